The quantitative estimate of drug-likeness (QED) is 0.364. The number of carbonyl (C=O) groups excluding carboxylic acids is 3. The molecule has 2 aromatic rings. The zero-order valence-electron chi connectivity index (χ0n) is 21.7. The largest absolute Gasteiger partial charge is 0.489 e. The summed E-state index contributed by atoms with van der Waals surface area (Å²) in [4.78, 5) is 39.2. The predicted molar refractivity (Wildman–Crippen MR) is 143 cm³/mol. The number of nitrogens with two attached hydrogens (primary N) is 1. The van der Waals surface area contributed by atoms with E-state index < -0.39 is 23.8 Å². The van der Waals surface area contributed by atoms with Crippen LogP contribution in [0.1, 0.15) is 43.7 Å². The molecule has 1 saturated heterocycles. The molecule has 8 heteroatoms. The van der Waals surface area contributed by atoms with E-state index in [9.17, 15) is 14.4 Å². The van der Waals surface area contributed by atoms with Gasteiger partial charge in [-0.3, -0.25) is 14.4 Å². The number of carbonyl (C=O) groups is 3. The Morgan fingerprint density at radius 2 is 1.70 bits per heavy atom. The Kier molecular flexibility index (Phi) is 11.4. The van der Waals surface area contributed by atoms with Crippen molar-refractivity contribution in [2.24, 2.45) is 11.7 Å². The fraction of sp³-hybridized carbons (Fsp3) is 0.448. The first kappa shape index (κ1) is 28.2. The molecule has 0 saturated carbocycles. The molecule has 1 fully saturated rings. The molecule has 1 radical (unpaired) electrons. The van der Waals surface area contributed by atoms with Gasteiger partial charge in [0.1, 0.15) is 18.4 Å². The molecule has 199 valence electrons. The molecule has 3 rings (SSSR count). The molecule has 1 heterocycles. The molecule has 0 aromatic heterocycles. The number of amides is 3. The van der Waals surface area contributed by atoms with E-state index in [2.05, 4.69) is 15.5 Å². The minimum absolute atomic E-state index is 0.220. The molecule has 1 aliphatic rings. The molecule has 0 aliphatic carbocycles. The van der Waals surface area contributed by atoms with Gasteiger partial charge in [0.25, 0.3) is 0 Å². The van der Waals surface area contributed by atoms with Crippen LogP contribution in [0.15, 0.2) is 54.6 Å². The lowest BCUT2D eigenvalue weighted by atomic mass is 10.0. The summed E-state index contributed by atoms with van der Waals surface area (Å²) in [5.74, 6) is -0.817. The average Bonchev–Trinajstić information content (AvgIpc) is 2.92. The van der Waals surface area contributed by atoms with Gasteiger partial charge < -0.3 is 26.0 Å². The summed E-state index contributed by atoms with van der Waals surface area (Å²) in [5, 5.41) is 5.79. The minimum atomic E-state index is -0.745. The van der Waals surface area contributed by atoms with Crippen LogP contribution < -0.4 is 21.1 Å². The summed E-state index contributed by atoms with van der Waals surface area (Å²) in [6.07, 6.45) is 5.58. The van der Waals surface area contributed by atoms with E-state index in [0.717, 1.165) is 36.5 Å². The van der Waals surface area contributed by atoms with Crippen LogP contribution in [0.5, 0.6) is 5.75 Å². The highest BCUT2D eigenvalue weighted by Gasteiger charge is 2.22. The molecule has 0 spiro atoms. The molecule has 1 aliphatic heterocycles. The van der Waals surface area contributed by atoms with Gasteiger partial charge in [-0.05, 0) is 55.6 Å². The number of piperidine rings is 1. The smallest absolute Gasteiger partial charge is 0.242 e. The summed E-state index contributed by atoms with van der Waals surface area (Å²) in [5.41, 5.74) is 7.27. The number of nitrogens with one attached hydrogen (secondary N) is 2. The average molecular weight is 508 g/mol. The van der Waals surface area contributed by atoms with Crippen LogP contribution in [0.25, 0.3) is 0 Å². The zero-order chi connectivity index (χ0) is 26.5. The van der Waals surface area contributed by atoms with E-state index in [1.165, 1.54) is 25.7 Å². The highest BCUT2D eigenvalue weighted by molar-refractivity contribution is 5.91. The first-order valence-corrected chi connectivity index (χ1v) is 13.1. The number of hydrogen-bond donors (Lipinski definition) is 3. The third kappa shape index (κ3) is 10.2. The van der Waals surface area contributed by atoms with Crippen LogP contribution in [-0.2, 0) is 27.4 Å². The number of ether oxygens (including phenoxy) is 1. The van der Waals surface area contributed by atoms with Crippen LogP contribution in [0.3, 0.4) is 0 Å². The number of rotatable bonds is 14. The standard InChI is InChI=1S/C29H39N4O4/c1-22(28(30)35)10-15-27(34)32-26(29(36)31-16-19-33-17-6-3-7-18-33)20-23-11-13-25(14-12-23)37-21-24-8-4-2-5-9-24/h2,4-5,8-9,11-15,22,26H,3,6-7,10,16-21H2,1H3,(H2,30,35)(H,31,36)(H,32,34). The van der Waals surface area contributed by atoms with Crippen molar-refractivity contribution in [1.29, 1.82) is 0 Å². The molecule has 2 aromatic carbocycles. The molecule has 37 heavy (non-hydrogen) atoms. The van der Waals surface area contributed by atoms with Gasteiger partial charge in [-0.2, -0.15) is 0 Å². The Morgan fingerprint density at radius 1 is 1.00 bits per heavy atom. The number of likely N-dealkylation sites (tertiary alicyclic amines) is 1. The van der Waals surface area contributed by atoms with Crippen molar-refractivity contribution in [3.8, 4) is 5.75 Å². The van der Waals surface area contributed by atoms with Crippen molar-refractivity contribution in [3.63, 3.8) is 0 Å². The van der Waals surface area contributed by atoms with E-state index >= 15 is 0 Å². The number of hydrogen-bond acceptors (Lipinski definition) is 5. The van der Waals surface area contributed by atoms with E-state index in [4.69, 9.17) is 10.5 Å². The molecule has 0 bridgehead atoms. The molecular weight excluding hydrogens is 468 g/mol. The minimum Gasteiger partial charge on any atom is -0.489 e. The molecule has 2 unspecified atom stereocenters. The predicted octanol–water partition coefficient (Wildman–Crippen LogP) is 2.61. The van der Waals surface area contributed by atoms with Crippen LogP contribution >= 0.6 is 0 Å². The zero-order valence-corrected chi connectivity index (χ0v) is 21.7. The van der Waals surface area contributed by atoms with Crippen molar-refractivity contribution in [1.82, 2.24) is 15.5 Å². The van der Waals surface area contributed by atoms with Crippen LogP contribution in [-0.4, -0.2) is 54.8 Å². The molecule has 8 nitrogen and oxygen atoms in total. The van der Waals surface area contributed by atoms with Crippen molar-refractivity contribution in [2.45, 2.75) is 51.7 Å². The maximum Gasteiger partial charge on any atom is 0.242 e. The van der Waals surface area contributed by atoms with Gasteiger partial charge in [0, 0.05) is 25.4 Å². The first-order valence-electron chi connectivity index (χ1n) is 13.1. The van der Waals surface area contributed by atoms with Gasteiger partial charge in [0.15, 0.2) is 0 Å². The van der Waals surface area contributed by atoms with E-state index in [0.29, 0.717) is 19.6 Å². The fourth-order valence-electron chi connectivity index (χ4n) is 4.18. The topological polar surface area (TPSA) is 114 Å². The van der Waals surface area contributed by atoms with Gasteiger partial charge >= 0.3 is 0 Å². The van der Waals surface area contributed by atoms with Crippen LogP contribution in [0.4, 0.5) is 0 Å². The van der Waals surface area contributed by atoms with Gasteiger partial charge in [-0.25, -0.2) is 0 Å². The maximum absolute atomic E-state index is 13.0. The highest BCUT2D eigenvalue weighted by atomic mass is 16.5. The number of nitrogens with zero attached hydrogens (tertiary/aromatic N) is 1. The SMILES string of the molecule is CC(C[CH]C(=O)NC(Cc1ccc(OCc2ccccc2)cc1)C(=O)NCCN1CCCCC1)C(N)=O. The normalized spacial score (nSPS) is 15.4. The van der Waals surface area contributed by atoms with Crippen molar-refractivity contribution < 1.29 is 19.1 Å². The second kappa shape index (κ2) is 15.0. The second-order valence-corrected chi connectivity index (χ2v) is 9.62. The fourth-order valence-corrected chi connectivity index (χ4v) is 4.18. The lowest BCUT2D eigenvalue weighted by molar-refractivity contribution is -0.128. The van der Waals surface area contributed by atoms with E-state index in [1.807, 2.05) is 54.6 Å². The van der Waals surface area contributed by atoms with Gasteiger partial charge in [-0.1, -0.05) is 55.8 Å². The molecule has 3 amide bonds. The Balaban J connectivity index is 1.56. The summed E-state index contributed by atoms with van der Waals surface area (Å²) >= 11 is 0. The summed E-state index contributed by atoms with van der Waals surface area (Å²) < 4.78 is 5.85. The monoisotopic (exact) mass is 507 g/mol. The van der Waals surface area contributed by atoms with Gasteiger partial charge in [0.2, 0.25) is 17.7 Å². The summed E-state index contributed by atoms with van der Waals surface area (Å²) in [6.45, 7) is 5.57. The third-order valence-corrected chi connectivity index (χ3v) is 6.56. The van der Waals surface area contributed by atoms with Gasteiger partial charge in [0.05, 0.1) is 6.42 Å². The Hall–Kier alpha value is -3.39. The van der Waals surface area contributed by atoms with E-state index in [-0.39, 0.29) is 12.3 Å². The van der Waals surface area contributed by atoms with E-state index in [1.54, 1.807) is 6.92 Å². The van der Waals surface area contributed by atoms with Crippen molar-refractivity contribution in [2.75, 3.05) is 26.2 Å². The van der Waals surface area contributed by atoms with Gasteiger partial charge in [-0.15, -0.1) is 0 Å². The number of benzene rings is 2. The maximum atomic E-state index is 13.0. The summed E-state index contributed by atoms with van der Waals surface area (Å²) in [7, 11) is 0. The highest BCUT2D eigenvalue weighted by Crippen LogP contribution is 2.16. The van der Waals surface area contributed by atoms with Crippen molar-refractivity contribution >= 4 is 17.7 Å². The van der Waals surface area contributed by atoms with Crippen LogP contribution in [0, 0.1) is 12.3 Å². The Bertz CT molecular complexity index is 991. The van der Waals surface area contributed by atoms with Crippen molar-refractivity contribution in [3.05, 3.63) is 72.1 Å². The molecular formula is C29H39N4O4. The lowest BCUT2D eigenvalue weighted by Crippen LogP contribution is -2.49. The number of primary amides is 1. The Morgan fingerprint density at radius 3 is 2.38 bits per heavy atom. The lowest BCUT2D eigenvalue weighted by Gasteiger charge is -2.27. The second-order valence-electron chi connectivity index (χ2n) is 9.62. The molecule has 2 atom stereocenters. The summed E-state index contributed by atoms with van der Waals surface area (Å²) in [6, 6.07) is 16.7. The first-order chi connectivity index (χ1) is 17.9. The van der Waals surface area contributed by atoms with Crippen LogP contribution in [0.2, 0.25) is 0 Å². The third-order valence-electron chi connectivity index (χ3n) is 6.56. The Labute approximate surface area is 219 Å². The molecule has 4 N–H and O–H groups in total.